The molecule has 6 aromatic rings. The summed E-state index contributed by atoms with van der Waals surface area (Å²) >= 11 is 0. The molecule has 0 fully saturated rings. The standard InChI is InChI=1S/C43H40N6O4.Li.H/c1-3-37(50)39-40(41(51)52)49(38(44-39)29-53-4-2)28-30-24-26-31(27-25-30)35-22-14-15-23-36(35)43(45-47-48-46-43)42(32-16-8-5-9-17-32,33-18-10-6-11-19-33)34-20-12-7-13-21-34;;/h5-27,37,50H,3-4,28-29H2,1-2H3,(H,51,52);;/q;+1;-1. The third-order valence-corrected chi connectivity index (χ3v) is 9.88. The first-order chi connectivity index (χ1) is 25.9. The van der Waals surface area contributed by atoms with Gasteiger partial charge in [-0.3, -0.25) is 0 Å². The van der Waals surface area contributed by atoms with Crippen LogP contribution >= 0.6 is 0 Å². The molecular formula is C43H41LiN6O4. The van der Waals surface area contributed by atoms with Crippen LogP contribution in [0.2, 0.25) is 0 Å². The number of carboxylic acids is 1. The van der Waals surface area contributed by atoms with Gasteiger partial charge >= 0.3 is 24.8 Å². The molecule has 0 radical (unpaired) electrons. The third-order valence-electron chi connectivity index (χ3n) is 9.88. The van der Waals surface area contributed by atoms with Crippen molar-refractivity contribution in [2.45, 2.75) is 50.6 Å². The zero-order valence-electron chi connectivity index (χ0n) is 31.6. The minimum Gasteiger partial charge on any atom is -1.00 e. The van der Waals surface area contributed by atoms with Gasteiger partial charge < -0.3 is 20.9 Å². The van der Waals surface area contributed by atoms with E-state index in [2.05, 4.69) is 57.9 Å². The zero-order chi connectivity index (χ0) is 36.8. The molecule has 54 heavy (non-hydrogen) atoms. The largest absolute Gasteiger partial charge is 1.00 e. The van der Waals surface area contributed by atoms with Crippen LogP contribution in [-0.4, -0.2) is 32.3 Å². The van der Waals surface area contributed by atoms with Crippen LogP contribution in [0.15, 0.2) is 160 Å². The predicted molar refractivity (Wildman–Crippen MR) is 202 cm³/mol. The Morgan fingerprint density at radius 3 is 1.80 bits per heavy atom. The molecule has 1 atom stereocenters. The first-order valence-electron chi connectivity index (χ1n) is 17.7. The van der Waals surface area contributed by atoms with Gasteiger partial charge in [0, 0.05) is 18.7 Å². The molecule has 11 heteroatoms. The smallest absolute Gasteiger partial charge is 1.00 e. The SMILES string of the molecule is CCOCc1nc(C(O)CC)c(C(=O)O)n1Cc1ccc(-c2ccccc2C2(C(c3ccccc3)(c3ccccc3)c3ccccc3)N=NN=N2)cc1.[H-].[Li+]. The maximum atomic E-state index is 12.5. The number of hydrogen-bond acceptors (Lipinski definition) is 8. The molecule has 0 saturated carbocycles. The average molecular weight is 713 g/mol. The molecule has 1 aromatic heterocycles. The zero-order valence-corrected chi connectivity index (χ0v) is 30.6. The second-order valence-corrected chi connectivity index (χ2v) is 12.9. The summed E-state index contributed by atoms with van der Waals surface area (Å²) in [5.74, 6) is -0.712. The summed E-state index contributed by atoms with van der Waals surface area (Å²) in [6, 6.07) is 46.8. The van der Waals surface area contributed by atoms with Crippen LogP contribution in [0, 0.1) is 0 Å². The van der Waals surface area contributed by atoms with E-state index >= 15 is 0 Å². The number of aromatic carboxylic acids is 1. The summed E-state index contributed by atoms with van der Waals surface area (Å²) in [5.41, 5.74) is 4.18. The molecule has 268 valence electrons. The van der Waals surface area contributed by atoms with E-state index in [4.69, 9.17) is 15.0 Å². The van der Waals surface area contributed by atoms with Crippen LogP contribution in [0.4, 0.5) is 0 Å². The molecule has 5 aromatic carbocycles. The summed E-state index contributed by atoms with van der Waals surface area (Å²) in [6.45, 7) is 4.44. The Morgan fingerprint density at radius 1 is 0.778 bits per heavy atom. The number of benzene rings is 5. The van der Waals surface area contributed by atoms with Crippen molar-refractivity contribution >= 4 is 5.97 Å². The van der Waals surface area contributed by atoms with E-state index in [1.807, 2.05) is 104 Å². The fourth-order valence-electron chi connectivity index (χ4n) is 7.47. The number of aliphatic hydroxyl groups is 1. The summed E-state index contributed by atoms with van der Waals surface area (Å²) in [5, 5.41) is 39.3. The number of carbonyl (C=O) groups is 1. The van der Waals surface area contributed by atoms with Crippen molar-refractivity contribution in [3.63, 3.8) is 0 Å². The van der Waals surface area contributed by atoms with Crippen LogP contribution in [-0.2, 0) is 29.0 Å². The number of nitrogens with zero attached hydrogens (tertiary/aromatic N) is 6. The number of imidazole rings is 1. The number of rotatable bonds is 14. The molecular weight excluding hydrogens is 671 g/mol. The summed E-state index contributed by atoms with van der Waals surface area (Å²) in [7, 11) is 0. The van der Waals surface area contributed by atoms with E-state index in [0.29, 0.717) is 18.9 Å². The summed E-state index contributed by atoms with van der Waals surface area (Å²) in [4.78, 5) is 17.0. The van der Waals surface area contributed by atoms with E-state index in [9.17, 15) is 15.0 Å². The van der Waals surface area contributed by atoms with Crippen LogP contribution in [0.25, 0.3) is 11.1 Å². The second-order valence-electron chi connectivity index (χ2n) is 12.9. The van der Waals surface area contributed by atoms with Gasteiger partial charge in [-0.2, -0.15) is 0 Å². The van der Waals surface area contributed by atoms with Crippen molar-refractivity contribution in [3.8, 4) is 11.1 Å². The fraction of sp³-hybridized carbons (Fsp3) is 0.209. The normalized spacial score (nSPS) is 13.8. The van der Waals surface area contributed by atoms with Gasteiger partial charge in [0.25, 0.3) is 0 Å². The first-order valence-corrected chi connectivity index (χ1v) is 17.7. The molecule has 1 aliphatic heterocycles. The van der Waals surface area contributed by atoms with Gasteiger partial charge in [0.2, 0.25) is 5.66 Å². The molecule has 0 amide bonds. The quantitative estimate of drug-likeness (QED) is 0.0995. The molecule has 7 rings (SSSR count). The summed E-state index contributed by atoms with van der Waals surface area (Å²) in [6.07, 6.45) is -0.672. The first kappa shape index (κ1) is 38.2. The third kappa shape index (κ3) is 6.74. The number of hydrogen-bond donors (Lipinski definition) is 2. The Morgan fingerprint density at radius 2 is 1.30 bits per heavy atom. The van der Waals surface area contributed by atoms with Crippen LogP contribution in [0.1, 0.15) is 77.6 Å². The van der Waals surface area contributed by atoms with Crippen LogP contribution < -0.4 is 18.9 Å². The molecule has 0 aliphatic carbocycles. The van der Waals surface area contributed by atoms with Gasteiger partial charge in [0.15, 0.2) is 5.69 Å². The minimum atomic E-state index is -1.34. The Labute approximate surface area is 328 Å². The van der Waals surface area contributed by atoms with Crippen molar-refractivity contribution in [3.05, 3.63) is 185 Å². The van der Waals surface area contributed by atoms with E-state index in [1.54, 1.807) is 11.5 Å². The predicted octanol–water partition coefficient (Wildman–Crippen LogP) is 6.41. The molecule has 1 aliphatic rings. The van der Waals surface area contributed by atoms with Crippen LogP contribution in [0.3, 0.4) is 0 Å². The van der Waals surface area contributed by atoms with Gasteiger partial charge in [-0.25, -0.2) is 9.78 Å². The minimum absolute atomic E-state index is 0. The molecule has 2 N–H and O–H groups in total. The second kappa shape index (κ2) is 16.7. The Bertz CT molecular complexity index is 2140. The molecule has 0 bridgehead atoms. The number of ether oxygens (including phenoxy) is 1. The molecule has 0 saturated heterocycles. The van der Waals surface area contributed by atoms with E-state index in [-0.39, 0.29) is 44.8 Å². The van der Waals surface area contributed by atoms with Crippen molar-refractivity contribution in [2.75, 3.05) is 6.61 Å². The van der Waals surface area contributed by atoms with Crippen LogP contribution in [0.5, 0.6) is 0 Å². The number of aromatic nitrogens is 2. The van der Waals surface area contributed by atoms with Gasteiger partial charge in [-0.05, 0) is 57.2 Å². The number of carboxylic acid groups (broad SMARTS) is 1. The molecule has 2 heterocycles. The fourth-order valence-corrected chi connectivity index (χ4v) is 7.47. The van der Waals surface area contributed by atoms with Gasteiger partial charge in [-0.15, -0.1) is 10.2 Å². The van der Waals surface area contributed by atoms with Crippen molar-refractivity contribution in [1.29, 1.82) is 0 Å². The van der Waals surface area contributed by atoms with E-state index < -0.39 is 23.2 Å². The Balaban J connectivity index is 0.00000290. The molecule has 0 spiro atoms. The average Bonchev–Trinajstić information content (AvgIpc) is 3.85. The van der Waals surface area contributed by atoms with Crippen molar-refractivity contribution in [2.24, 2.45) is 20.7 Å². The van der Waals surface area contributed by atoms with E-state index in [1.165, 1.54) is 0 Å². The maximum absolute atomic E-state index is 12.5. The summed E-state index contributed by atoms with van der Waals surface area (Å²) < 4.78 is 7.26. The number of aliphatic hydroxyl groups excluding tert-OH is 1. The van der Waals surface area contributed by atoms with E-state index in [0.717, 1.165) is 38.9 Å². The van der Waals surface area contributed by atoms with Crippen molar-refractivity contribution in [1.82, 2.24) is 9.55 Å². The van der Waals surface area contributed by atoms with Gasteiger partial charge in [0.05, 0.1) is 11.5 Å². The maximum Gasteiger partial charge on any atom is 1.00 e. The molecule has 1 unspecified atom stereocenters. The van der Waals surface area contributed by atoms with Gasteiger partial charge in [-0.1, -0.05) is 146 Å². The molecule has 10 nitrogen and oxygen atoms in total. The monoisotopic (exact) mass is 712 g/mol. The Hall–Kier alpha value is -5.50. The van der Waals surface area contributed by atoms with Crippen molar-refractivity contribution < 1.29 is 40.0 Å². The van der Waals surface area contributed by atoms with Gasteiger partial charge in [0.1, 0.15) is 18.1 Å². The topological polar surface area (TPSA) is 134 Å². The Kier molecular flexibility index (Phi) is 11.8.